The van der Waals surface area contributed by atoms with Crippen LogP contribution < -0.4 is 32.2 Å². The minimum Gasteiger partial charge on any atom is -0.312 e. The average Bonchev–Trinajstić information content (AvgIpc) is 3.50. The summed E-state index contributed by atoms with van der Waals surface area (Å²) >= 11 is 0. The molecule has 0 aliphatic carbocycles. The largest absolute Gasteiger partial charge is 0.312 e. The van der Waals surface area contributed by atoms with Crippen molar-refractivity contribution < 1.29 is 0 Å². The Morgan fingerprint density at radius 1 is 0.367 bits per heavy atom. The fraction of sp³-hybridized carbons (Fsp3) is 0. The van der Waals surface area contributed by atoms with Crippen molar-refractivity contribution in [2.24, 2.45) is 0 Å². The highest BCUT2D eigenvalue weighted by Crippen LogP contribution is 2.38. The van der Waals surface area contributed by atoms with Crippen LogP contribution in [-0.2, 0) is 0 Å². The minimum atomic E-state index is 1.14. The maximum absolute atomic E-state index is 2.45. The van der Waals surface area contributed by atoms with Crippen molar-refractivity contribution in [2.45, 2.75) is 0 Å². The third kappa shape index (κ3) is 5.22. The van der Waals surface area contributed by atoms with Crippen molar-refractivity contribution in [1.29, 1.82) is 0 Å². The first kappa shape index (κ1) is 30.8. The quantitative estimate of drug-likeness (QED) is 0.260. The van der Waals surface area contributed by atoms with Gasteiger partial charge in [0.05, 0.1) is 16.7 Å². The second kappa shape index (κ2) is 12.5. The Morgan fingerprint density at radius 2 is 0.796 bits per heavy atom. The third-order valence-corrected chi connectivity index (χ3v) is 10.6. The number of benzene rings is 7. The Hall–Kier alpha value is -5.54. The summed E-state index contributed by atoms with van der Waals surface area (Å²) in [5.41, 5.74) is 18.7. The average molecular weight is 622 g/mol. The molecule has 2 nitrogen and oxygen atoms in total. The van der Waals surface area contributed by atoms with Gasteiger partial charge in [-0.25, -0.2) is 0 Å². The zero-order valence-corrected chi connectivity index (χ0v) is 28.8. The van der Waals surface area contributed by atoms with Gasteiger partial charge in [0.2, 0.25) is 0 Å². The Bertz CT molecular complexity index is 2410. The van der Waals surface area contributed by atoms with E-state index in [2.05, 4.69) is 200 Å². The number of para-hydroxylation sites is 3. The van der Waals surface area contributed by atoms with E-state index in [0.717, 1.165) is 11.4 Å². The maximum Gasteiger partial charge on any atom is 0.141 e. The molecule has 0 amide bonds. The molecule has 0 saturated carbocycles. The van der Waals surface area contributed by atoms with E-state index in [9.17, 15) is 0 Å². The number of anilines is 3. The summed E-state index contributed by atoms with van der Waals surface area (Å²) in [6.45, 7) is 0. The van der Waals surface area contributed by atoms with E-state index in [0.29, 0.717) is 0 Å². The van der Waals surface area contributed by atoms with Crippen LogP contribution in [0.3, 0.4) is 0 Å². The van der Waals surface area contributed by atoms with E-state index in [1.165, 1.54) is 82.7 Å². The molecule has 49 heavy (non-hydrogen) atoms. The SMILES string of the molecule is Bc1c(B)c(B)c(N(c2ccc(-c3ccccc3)cc2)c2ccc(-c3ccccc3-n3c4ccccc4c4ccccc43)cc2)c(B)c1B. The van der Waals surface area contributed by atoms with Gasteiger partial charge in [-0.1, -0.05) is 131 Å². The summed E-state index contributed by atoms with van der Waals surface area (Å²) in [7, 11) is 11.3. The van der Waals surface area contributed by atoms with Crippen molar-refractivity contribution in [3.05, 3.63) is 152 Å². The molecule has 0 atom stereocenters. The van der Waals surface area contributed by atoms with E-state index < -0.39 is 0 Å². The minimum absolute atomic E-state index is 1.14. The predicted molar refractivity (Wildman–Crippen MR) is 227 cm³/mol. The molecule has 0 radical (unpaired) electrons. The van der Waals surface area contributed by atoms with Gasteiger partial charge in [0, 0.05) is 33.4 Å². The zero-order valence-electron chi connectivity index (χ0n) is 28.8. The van der Waals surface area contributed by atoms with Gasteiger partial charge in [0.15, 0.2) is 0 Å². The highest BCUT2D eigenvalue weighted by Gasteiger charge is 2.21. The summed E-state index contributed by atoms with van der Waals surface area (Å²) in [4.78, 5) is 2.45. The second-order valence-corrected chi connectivity index (χ2v) is 13.2. The Kier molecular flexibility index (Phi) is 7.84. The molecule has 7 aromatic carbocycles. The molecule has 8 aromatic rings. The number of aromatic nitrogens is 1. The topological polar surface area (TPSA) is 8.17 Å². The van der Waals surface area contributed by atoms with Crippen LogP contribution in [0.4, 0.5) is 17.1 Å². The molecule has 7 heteroatoms. The van der Waals surface area contributed by atoms with E-state index in [-0.39, 0.29) is 0 Å². The molecule has 0 bridgehead atoms. The normalized spacial score (nSPS) is 11.3. The number of fused-ring (bicyclic) bond motifs is 3. The van der Waals surface area contributed by atoms with Crippen LogP contribution in [0.2, 0.25) is 0 Å². The first-order valence-electron chi connectivity index (χ1n) is 17.1. The summed E-state index contributed by atoms with van der Waals surface area (Å²) in [6.07, 6.45) is 0. The van der Waals surface area contributed by atoms with Gasteiger partial charge in [-0.05, 0) is 59.2 Å². The fourth-order valence-corrected chi connectivity index (χ4v) is 7.54. The number of hydrogen-bond acceptors (Lipinski definition) is 1. The van der Waals surface area contributed by atoms with Gasteiger partial charge in [-0.15, -0.1) is 5.46 Å². The highest BCUT2D eigenvalue weighted by molar-refractivity contribution is 6.69. The zero-order chi connectivity index (χ0) is 33.6. The van der Waals surface area contributed by atoms with Crippen molar-refractivity contribution in [1.82, 2.24) is 4.57 Å². The Balaban J connectivity index is 1.27. The highest BCUT2D eigenvalue weighted by atomic mass is 15.1. The van der Waals surface area contributed by atoms with Gasteiger partial charge in [-0.2, -0.15) is 0 Å². The van der Waals surface area contributed by atoms with Crippen molar-refractivity contribution in [2.75, 3.05) is 4.90 Å². The third-order valence-electron chi connectivity index (χ3n) is 10.6. The molecular weight excluding hydrogens is 587 g/mol. The van der Waals surface area contributed by atoms with Gasteiger partial charge >= 0.3 is 0 Å². The van der Waals surface area contributed by atoms with E-state index in [1.54, 1.807) is 0 Å². The Morgan fingerprint density at radius 3 is 1.37 bits per heavy atom. The molecular formula is C42H35B5N2. The number of hydrogen-bond donors (Lipinski definition) is 0. The molecule has 0 aliphatic heterocycles. The lowest BCUT2D eigenvalue weighted by atomic mass is 9.61. The van der Waals surface area contributed by atoms with Crippen LogP contribution in [-0.4, -0.2) is 43.8 Å². The maximum atomic E-state index is 2.45. The molecule has 1 heterocycles. The van der Waals surface area contributed by atoms with Gasteiger partial charge in [-0.3, -0.25) is 0 Å². The monoisotopic (exact) mass is 622 g/mol. The fourth-order valence-electron chi connectivity index (χ4n) is 7.54. The number of nitrogens with zero attached hydrogens (tertiary/aromatic N) is 2. The van der Waals surface area contributed by atoms with Crippen molar-refractivity contribution >= 4 is 105 Å². The lowest BCUT2D eigenvalue weighted by molar-refractivity contribution is 1.18. The molecule has 8 rings (SSSR count). The van der Waals surface area contributed by atoms with Gasteiger partial charge in [0.25, 0.3) is 0 Å². The van der Waals surface area contributed by atoms with E-state index in [1.807, 2.05) is 0 Å². The predicted octanol–water partition coefficient (Wildman–Crippen LogP) is 2.88. The van der Waals surface area contributed by atoms with Gasteiger partial charge < -0.3 is 9.47 Å². The van der Waals surface area contributed by atoms with Crippen LogP contribution in [0.5, 0.6) is 0 Å². The van der Waals surface area contributed by atoms with Crippen molar-refractivity contribution in [3.63, 3.8) is 0 Å². The summed E-state index contributed by atoms with van der Waals surface area (Å²) in [5, 5.41) is 2.54. The van der Waals surface area contributed by atoms with E-state index >= 15 is 0 Å². The smallest absolute Gasteiger partial charge is 0.141 e. The van der Waals surface area contributed by atoms with Gasteiger partial charge in [0.1, 0.15) is 39.2 Å². The molecule has 1 aromatic heterocycles. The first-order valence-corrected chi connectivity index (χ1v) is 17.1. The molecule has 228 valence electrons. The summed E-state index contributed by atoms with van der Waals surface area (Å²) in [5.74, 6) is 0. The molecule has 0 fully saturated rings. The van der Waals surface area contributed by atoms with Crippen LogP contribution >= 0.6 is 0 Å². The summed E-state index contributed by atoms with van der Waals surface area (Å²) in [6, 6.07) is 55.0. The van der Waals surface area contributed by atoms with E-state index in [4.69, 9.17) is 0 Å². The molecule has 0 saturated heterocycles. The van der Waals surface area contributed by atoms with Crippen LogP contribution in [0.1, 0.15) is 0 Å². The van der Waals surface area contributed by atoms with Crippen molar-refractivity contribution in [3.8, 4) is 27.9 Å². The molecule has 0 unspecified atom stereocenters. The van der Waals surface area contributed by atoms with Crippen LogP contribution in [0, 0.1) is 0 Å². The van der Waals surface area contributed by atoms with Crippen LogP contribution in [0.15, 0.2) is 152 Å². The molecule has 0 N–H and O–H groups in total. The summed E-state index contributed by atoms with van der Waals surface area (Å²) < 4.78 is 2.42. The lowest BCUT2D eigenvalue weighted by Crippen LogP contribution is -2.56. The molecule has 0 aliphatic rings. The molecule has 0 spiro atoms. The van der Waals surface area contributed by atoms with Crippen LogP contribution in [0.25, 0.3) is 49.7 Å². The standard InChI is InChI=1S/C42H35B5N2/c43-37-38(44)40(46)42(41(47)39(37)45)48(29-22-18-27(19-23-29)26-10-2-1-3-11-26)30-24-20-28(21-25-30)31-12-4-7-15-34(31)49-35-16-8-5-13-32(35)33-14-6-9-17-36(33)49/h1-25H,43-47H2. The first-order chi connectivity index (χ1) is 23.9. The Labute approximate surface area is 293 Å². The number of rotatable bonds is 6. The lowest BCUT2D eigenvalue weighted by Gasteiger charge is -2.32. The second-order valence-electron chi connectivity index (χ2n) is 13.2.